The van der Waals surface area contributed by atoms with Gasteiger partial charge in [-0.25, -0.2) is 0 Å². The minimum absolute atomic E-state index is 0.312. The van der Waals surface area contributed by atoms with Crippen molar-refractivity contribution in [2.75, 3.05) is 19.1 Å². The molecule has 3 aromatic carbocycles. The van der Waals surface area contributed by atoms with Gasteiger partial charge in [0.25, 0.3) is 17.7 Å². The van der Waals surface area contributed by atoms with Gasteiger partial charge in [-0.3, -0.25) is 19.3 Å². The number of carbonyl (C=O) groups is 3. The molecule has 3 amide bonds. The van der Waals surface area contributed by atoms with Crippen molar-refractivity contribution in [3.05, 3.63) is 89.5 Å². The van der Waals surface area contributed by atoms with E-state index in [2.05, 4.69) is 0 Å². The number of benzene rings is 3. The van der Waals surface area contributed by atoms with Gasteiger partial charge in [-0.2, -0.15) is 0 Å². The average molecular weight is 428 g/mol. The number of hydrogen-bond acceptors (Lipinski definition) is 5. The number of carbonyl (C=O) groups excluding carboxylic acids is 3. The number of amides is 3. The van der Waals surface area contributed by atoms with Crippen LogP contribution in [-0.2, 0) is 4.79 Å². The van der Waals surface area contributed by atoms with Crippen molar-refractivity contribution in [1.82, 2.24) is 4.90 Å². The number of anilines is 1. The van der Waals surface area contributed by atoms with E-state index in [1.807, 2.05) is 18.2 Å². The van der Waals surface area contributed by atoms with Crippen molar-refractivity contribution in [3.63, 3.8) is 0 Å². The maximum absolute atomic E-state index is 13.4. The van der Waals surface area contributed by atoms with Crippen LogP contribution >= 0.6 is 0 Å². The minimum atomic E-state index is -0.971. The topological polar surface area (TPSA) is 76.2 Å². The summed E-state index contributed by atoms with van der Waals surface area (Å²) in [6.45, 7) is 0. The molecule has 0 bridgehead atoms. The second-order valence-corrected chi connectivity index (χ2v) is 7.56. The third kappa shape index (κ3) is 2.78. The van der Waals surface area contributed by atoms with E-state index in [0.29, 0.717) is 33.9 Å². The molecule has 3 aromatic rings. The highest BCUT2D eigenvalue weighted by atomic mass is 16.5. The average Bonchev–Trinajstić information content (AvgIpc) is 3.08. The van der Waals surface area contributed by atoms with Crippen molar-refractivity contribution in [3.8, 4) is 11.5 Å². The quantitative estimate of drug-likeness (QED) is 0.460. The molecule has 0 saturated carbocycles. The number of nitrogens with zero attached hydrogens (tertiary/aromatic N) is 2. The van der Waals surface area contributed by atoms with Crippen LogP contribution in [0.15, 0.2) is 72.8 Å². The molecule has 7 nitrogen and oxygen atoms in total. The molecule has 0 radical (unpaired) electrons. The van der Waals surface area contributed by atoms with E-state index >= 15 is 0 Å². The van der Waals surface area contributed by atoms with E-state index < -0.39 is 23.9 Å². The van der Waals surface area contributed by atoms with E-state index in [4.69, 9.17) is 9.47 Å². The summed E-state index contributed by atoms with van der Waals surface area (Å²) in [7, 11) is 3.12. The molecular weight excluding hydrogens is 408 g/mol. The molecule has 2 aliphatic heterocycles. The maximum atomic E-state index is 13.4. The highest BCUT2D eigenvalue weighted by molar-refractivity contribution is 6.24. The summed E-state index contributed by atoms with van der Waals surface area (Å²) < 4.78 is 10.8. The predicted octanol–water partition coefficient (Wildman–Crippen LogP) is 3.46. The number of para-hydroxylation sites is 1. The molecule has 1 saturated heterocycles. The highest BCUT2D eigenvalue weighted by Gasteiger charge is 2.57. The van der Waals surface area contributed by atoms with Gasteiger partial charge in [0.1, 0.15) is 17.5 Å². The molecule has 2 heterocycles. The predicted molar refractivity (Wildman–Crippen MR) is 117 cm³/mol. The Kier molecular flexibility index (Phi) is 4.66. The van der Waals surface area contributed by atoms with Crippen molar-refractivity contribution >= 4 is 23.4 Å². The van der Waals surface area contributed by atoms with Gasteiger partial charge in [0.15, 0.2) is 0 Å². The SMILES string of the molecule is COc1ccc(N2C(=O)[C@@H](N3C(=O)c4ccccc4C3=O)[C@H]2c2ccccc2OC)cc1. The summed E-state index contributed by atoms with van der Waals surface area (Å²) in [5, 5.41) is 0. The first-order valence-corrected chi connectivity index (χ1v) is 10.1. The van der Waals surface area contributed by atoms with Gasteiger partial charge in [-0.05, 0) is 42.5 Å². The van der Waals surface area contributed by atoms with Crippen LogP contribution in [0.5, 0.6) is 11.5 Å². The lowest BCUT2D eigenvalue weighted by Gasteiger charge is -2.50. The third-order valence-corrected chi connectivity index (χ3v) is 5.98. The Hall–Kier alpha value is -4.13. The molecule has 2 atom stereocenters. The monoisotopic (exact) mass is 428 g/mol. The Bertz CT molecular complexity index is 1200. The second kappa shape index (κ2) is 7.53. The van der Waals surface area contributed by atoms with Crippen LogP contribution in [0.1, 0.15) is 32.3 Å². The van der Waals surface area contributed by atoms with Crippen molar-refractivity contribution in [1.29, 1.82) is 0 Å². The van der Waals surface area contributed by atoms with Crippen LogP contribution in [0.2, 0.25) is 0 Å². The van der Waals surface area contributed by atoms with Crippen LogP contribution in [0, 0.1) is 0 Å². The van der Waals surface area contributed by atoms with Gasteiger partial charge in [-0.15, -0.1) is 0 Å². The van der Waals surface area contributed by atoms with Crippen LogP contribution in [0.4, 0.5) is 5.69 Å². The van der Waals surface area contributed by atoms with E-state index in [1.54, 1.807) is 73.7 Å². The first-order chi connectivity index (χ1) is 15.6. The van der Waals surface area contributed by atoms with Gasteiger partial charge in [0.05, 0.1) is 31.4 Å². The summed E-state index contributed by atoms with van der Waals surface area (Å²) >= 11 is 0. The summed E-state index contributed by atoms with van der Waals surface area (Å²) in [5.74, 6) is -0.0189. The Morgan fingerprint density at radius 3 is 1.84 bits per heavy atom. The summed E-state index contributed by atoms with van der Waals surface area (Å²) in [6.07, 6.45) is 0. The number of fused-ring (bicyclic) bond motifs is 1. The van der Waals surface area contributed by atoms with E-state index in [0.717, 1.165) is 4.90 Å². The Labute approximate surface area is 184 Å². The molecule has 0 aromatic heterocycles. The lowest BCUT2D eigenvalue weighted by atomic mass is 9.85. The first kappa shape index (κ1) is 19.8. The minimum Gasteiger partial charge on any atom is -0.497 e. The molecular formula is C25H20N2O5. The summed E-state index contributed by atoms with van der Waals surface area (Å²) in [5.41, 5.74) is 1.98. The fourth-order valence-electron chi connectivity index (χ4n) is 4.44. The fourth-order valence-corrected chi connectivity index (χ4v) is 4.44. The lowest BCUT2D eigenvalue weighted by Crippen LogP contribution is -2.67. The van der Waals surface area contributed by atoms with Gasteiger partial charge in [0, 0.05) is 11.3 Å². The number of ether oxygens (including phenoxy) is 2. The standard InChI is InChI=1S/C25H20N2O5/c1-31-16-13-11-15(12-14-16)26-21(19-9-5-6-10-20(19)32-2)22(25(26)30)27-23(28)17-7-3-4-8-18(17)24(27)29/h3-14,21-22H,1-2H3/t21-,22+/m1/s1. The van der Waals surface area contributed by atoms with Gasteiger partial charge in [-0.1, -0.05) is 30.3 Å². The lowest BCUT2D eigenvalue weighted by molar-refractivity contribution is -0.130. The molecule has 32 heavy (non-hydrogen) atoms. The third-order valence-electron chi connectivity index (χ3n) is 5.98. The number of imide groups is 1. The number of methoxy groups -OCH3 is 2. The molecule has 2 aliphatic rings. The zero-order valence-corrected chi connectivity index (χ0v) is 17.5. The molecule has 5 rings (SSSR count). The van der Waals surface area contributed by atoms with Gasteiger partial charge >= 0.3 is 0 Å². The molecule has 7 heteroatoms. The van der Waals surface area contributed by atoms with E-state index in [1.165, 1.54) is 0 Å². The van der Waals surface area contributed by atoms with Crippen LogP contribution in [0.25, 0.3) is 0 Å². The molecule has 0 spiro atoms. The Balaban J connectivity index is 1.60. The van der Waals surface area contributed by atoms with Gasteiger partial charge in [0.2, 0.25) is 0 Å². The smallest absolute Gasteiger partial charge is 0.262 e. The molecule has 160 valence electrons. The first-order valence-electron chi connectivity index (χ1n) is 10.1. The van der Waals surface area contributed by atoms with Crippen molar-refractivity contribution in [2.45, 2.75) is 12.1 Å². The molecule has 0 unspecified atom stereocenters. The summed E-state index contributed by atoms with van der Waals surface area (Å²) in [6, 6.07) is 19.5. The Morgan fingerprint density at radius 2 is 1.25 bits per heavy atom. The second-order valence-electron chi connectivity index (χ2n) is 7.56. The zero-order chi connectivity index (χ0) is 22.4. The molecule has 0 N–H and O–H groups in total. The maximum Gasteiger partial charge on any atom is 0.262 e. The number of hydrogen-bond donors (Lipinski definition) is 0. The van der Waals surface area contributed by atoms with Crippen LogP contribution < -0.4 is 14.4 Å². The molecule has 0 aliphatic carbocycles. The number of rotatable bonds is 5. The van der Waals surface area contributed by atoms with Crippen molar-refractivity contribution < 1.29 is 23.9 Å². The highest BCUT2D eigenvalue weighted by Crippen LogP contribution is 2.46. The fraction of sp³-hybridized carbons (Fsp3) is 0.160. The van der Waals surface area contributed by atoms with E-state index in [-0.39, 0.29) is 5.91 Å². The van der Waals surface area contributed by atoms with Gasteiger partial charge < -0.3 is 14.4 Å². The van der Waals surface area contributed by atoms with Crippen LogP contribution in [-0.4, -0.2) is 42.9 Å². The van der Waals surface area contributed by atoms with E-state index in [9.17, 15) is 14.4 Å². The zero-order valence-electron chi connectivity index (χ0n) is 17.5. The number of β-lactam (4-membered cyclic amide) rings is 1. The molecule has 1 fully saturated rings. The largest absolute Gasteiger partial charge is 0.497 e. The Morgan fingerprint density at radius 1 is 0.656 bits per heavy atom. The summed E-state index contributed by atoms with van der Waals surface area (Å²) in [4.78, 5) is 42.4. The normalized spacial score (nSPS) is 19.6. The van der Waals surface area contributed by atoms with Crippen molar-refractivity contribution in [2.24, 2.45) is 0 Å². The van der Waals surface area contributed by atoms with Crippen LogP contribution in [0.3, 0.4) is 0 Å².